The molecule has 312 valence electrons. The predicted molar refractivity (Wildman–Crippen MR) is 279 cm³/mol. The van der Waals surface area contributed by atoms with Gasteiger partial charge in [-0.2, -0.15) is 0 Å². The third-order valence-electron chi connectivity index (χ3n) is 14.0. The molecule has 2 heteroatoms. The van der Waals surface area contributed by atoms with E-state index < -0.39 is 5.41 Å². The van der Waals surface area contributed by atoms with Gasteiger partial charge in [-0.3, -0.25) is 0 Å². The van der Waals surface area contributed by atoms with Crippen LogP contribution in [0.15, 0.2) is 255 Å². The minimum absolute atomic E-state index is 0.587. The fourth-order valence-corrected chi connectivity index (χ4v) is 11.1. The quantitative estimate of drug-likeness (QED) is 0.118. The Labute approximate surface area is 390 Å². The molecule has 13 rings (SSSR count). The monoisotopic (exact) mass is 850 g/mol. The fraction of sp³-hybridized carbons (Fsp3) is 0.0154. The SMILES string of the molecule is c1ccc(-c2nc(-c3ccc(-c4c5ccccc5c(-c5ccccc5)c5ccc6ccccc6c45)cc3)cc(-c3cccc4c3C(c3ccccc3)(c3ccccc3)c3ccccc3-4)n2)cc1. The summed E-state index contributed by atoms with van der Waals surface area (Å²) in [4.78, 5) is 10.8. The summed E-state index contributed by atoms with van der Waals surface area (Å²) in [6.07, 6.45) is 0. The van der Waals surface area contributed by atoms with Crippen LogP contribution < -0.4 is 0 Å². The van der Waals surface area contributed by atoms with E-state index >= 15 is 0 Å². The zero-order valence-corrected chi connectivity index (χ0v) is 36.6. The van der Waals surface area contributed by atoms with Gasteiger partial charge in [-0.15, -0.1) is 0 Å². The maximum atomic E-state index is 5.48. The van der Waals surface area contributed by atoms with Crippen LogP contribution in [0.25, 0.3) is 99.6 Å². The lowest BCUT2D eigenvalue weighted by atomic mass is 9.66. The van der Waals surface area contributed by atoms with Gasteiger partial charge in [0.15, 0.2) is 5.82 Å². The van der Waals surface area contributed by atoms with Gasteiger partial charge in [0.05, 0.1) is 16.8 Å². The molecule has 0 saturated carbocycles. The maximum Gasteiger partial charge on any atom is 0.160 e. The molecular formula is C65H42N2. The van der Waals surface area contributed by atoms with E-state index in [-0.39, 0.29) is 0 Å². The average Bonchev–Trinajstić information content (AvgIpc) is 3.72. The molecule has 0 amide bonds. The Morgan fingerprint density at radius 2 is 0.806 bits per heavy atom. The lowest BCUT2D eigenvalue weighted by Crippen LogP contribution is -2.29. The van der Waals surface area contributed by atoms with Gasteiger partial charge < -0.3 is 0 Å². The summed E-state index contributed by atoms with van der Waals surface area (Å²) in [5.41, 5.74) is 16.5. The molecule has 0 N–H and O–H groups in total. The molecule has 0 atom stereocenters. The molecule has 1 aliphatic carbocycles. The van der Waals surface area contributed by atoms with Crippen molar-refractivity contribution in [2.24, 2.45) is 0 Å². The lowest BCUT2D eigenvalue weighted by Gasteiger charge is -2.35. The summed E-state index contributed by atoms with van der Waals surface area (Å²) < 4.78 is 0. The molecule has 0 radical (unpaired) electrons. The van der Waals surface area contributed by atoms with Gasteiger partial charge in [-0.25, -0.2) is 9.97 Å². The largest absolute Gasteiger partial charge is 0.228 e. The molecule has 1 aromatic heterocycles. The van der Waals surface area contributed by atoms with Crippen molar-refractivity contribution in [1.29, 1.82) is 0 Å². The third-order valence-corrected chi connectivity index (χ3v) is 14.0. The highest BCUT2D eigenvalue weighted by Crippen LogP contribution is 2.58. The van der Waals surface area contributed by atoms with E-state index in [9.17, 15) is 0 Å². The molecule has 11 aromatic carbocycles. The van der Waals surface area contributed by atoms with Crippen molar-refractivity contribution in [3.8, 4) is 67.3 Å². The van der Waals surface area contributed by atoms with Crippen molar-refractivity contribution >= 4 is 32.3 Å². The predicted octanol–water partition coefficient (Wildman–Crippen LogP) is 16.6. The van der Waals surface area contributed by atoms with Crippen LogP contribution in [0.1, 0.15) is 22.3 Å². The molecule has 0 fully saturated rings. The van der Waals surface area contributed by atoms with Gasteiger partial charge in [0.1, 0.15) is 0 Å². The minimum atomic E-state index is -0.587. The van der Waals surface area contributed by atoms with Crippen molar-refractivity contribution in [1.82, 2.24) is 9.97 Å². The first-order chi connectivity index (χ1) is 33.3. The molecule has 0 bridgehead atoms. The van der Waals surface area contributed by atoms with Gasteiger partial charge in [-0.1, -0.05) is 249 Å². The normalized spacial score (nSPS) is 12.6. The Morgan fingerprint density at radius 3 is 1.51 bits per heavy atom. The summed E-state index contributed by atoms with van der Waals surface area (Å²) in [6, 6.07) is 92.4. The van der Waals surface area contributed by atoms with Crippen LogP contribution in [0.3, 0.4) is 0 Å². The molecular weight excluding hydrogens is 809 g/mol. The van der Waals surface area contributed by atoms with Crippen LogP contribution in [0.2, 0.25) is 0 Å². The molecule has 1 aliphatic rings. The van der Waals surface area contributed by atoms with Gasteiger partial charge in [0.2, 0.25) is 0 Å². The number of fused-ring (bicyclic) bond motifs is 7. The fourth-order valence-electron chi connectivity index (χ4n) is 11.1. The second-order valence-corrected chi connectivity index (χ2v) is 17.5. The molecule has 67 heavy (non-hydrogen) atoms. The highest BCUT2D eigenvalue weighted by molar-refractivity contribution is 6.28. The molecule has 12 aromatic rings. The zero-order chi connectivity index (χ0) is 44.3. The van der Waals surface area contributed by atoms with Crippen LogP contribution in [-0.4, -0.2) is 9.97 Å². The Kier molecular flexibility index (Phi) is 9.11. The lowest BCUT2D eigenvalue weighted by molar-refractivity contribution is 0.769. The van der Waals surface area contributed by atoms with E-state index in [1.807, 2.05) is 6.07 Å². The number of aromatic nitrogens is 2. The first-order valence-electron chi connectivity index (χ1n) is 23.1. The first kappa shape index (κ1) is 38.7. The van der Waals surface area contributed by atoms with Crippen molar-refractivity contribution in [2.45, 2.75) is 5.41 Å². The van der Waals surface area contributed by atoms with E-state index in [4.69, 9.17) is 9.97 Å². The Hall–Kier alpha value is -8.72. The van der Waals surface area contributed by atoms with E-state index in [0.29, 0.717) is 5.82 Å². The Balaban J connectivity index is 1.04. The van der Waals surface area contributed by atoms with E-state index in [1.165, 1.54) is 82.4 Å². The smallest absolute Gasteiger partial charge is 0.160 e. The van der Waals surface area contributed by atoms with Crippen LogP contribution >= 0.6 is 0 Å². The van der Waals surface area contributed by atoms with Crippen molar-refractivity contribution in [3.63, 3.8) is 0 Å². The molecule has 0 spiro atoms. The van der Waals surface area contributed by atoms with Crippen LogP contribution in [-0.2, 0) is 5.41 Å². The second-order valence-electron chi connectivity index (χ2n) is 17.5. The summed E-state index contributed by atoms with van der Waals surface area (Å²) in [5.74, 6) is 0.690. The van der Waals surface area contributed by atoms with Gasteiger partial charge >= 0.3 is 0 Å². The zero-order valence-electron chi connectivity index (χ0n) is 36.6. The van der Waals surface area contributed by atoms with Crippen molar-refractivity contribution < 1.29 is 0 Å². The minimum Gasteiger partial charge on any atom is -0.228 e. The van der Waals surface area contributed by atoms with Crippen LogP contribution in [0, 0.1) is 0 Å². The standard InChI is InChI=1S/C65H42N2/c1-5-21-45(22-6-1)60-52-31-15-16-32-53(52)61(62-50-29-14-13-20-43(50)40-41-56(60)62)46-38-36-44(37-39-46)58-42-59(67-64(66-58)47-23-7-2-8-24-47)55-34-19-33-54-51-30-17-18-35-57(51)65(63(54)55,48-25-9-3-10-26-48)49-27-11-4-12-28-49/h1-42H. The molecule has 2 nitrogen and oxygen atoms in total. The highest BCUT2D eigenvalue weighted by Gasteiger charge is 2.47. The Morgan fingerprint density at radius 1 is 0.299 bits per heavy atom. The van der Waals surface area contributed by atoms with E-state index in [2.05, 4.69) is 249 Å². The van der Waals surface area contributed by atoms with Crippen LogP contribution in [0.5, 0.6) is 0 Å². The van der Waals surface area contributed by atoms with E-state index in [1.54, 1.807) is 0 Å². The van der Waals surface area contributed by atoms with Gasteiger partial charge in [-0.05, 0) is 94.0 Å². The van der Waals surface area contributed by atoms with Crippen molar-refractivity contribution in [3.05, 3.63) is 277 Å². The molecule has 0 unspecified atom stereocenters. The highest BCUT2D eigenvalue weighted by atomic mass is 14.9. The second kappa shape index (κ2) is 15.8. The summed E-state index contributed by atoms with van der Waals surface area (Å²) in [6.45, 7) is 0. The maximum absolute atomic E-state index is 5.48. The van der Waals surface area contributed by atoms with E-state index in [0.717, 1.165) is 33.6 Å². The molecule has 1 heterocycles. The topological polar surface area (TPSA) is 25.8 Å². The van der Waals surface area contributed by atoms with Gasteiger partial charge in [0, 0.05) is 16.7 Å². The number of rotatable bonds is 7. The van der Waals surface area contributed by atoms with Gasteiger partial charge in [0.25, 0.3) is 0 Å². The first-order valence-corrected chi connectivity index (χ1v) is 23.1. The summed E-state index contributed by atoms with van der Waals surface area (Å²) in [5, 5.41) is 7.45. The number of nitrogens with zero attached hydrogens (tertiary/aromatic N) is 2. The number of hydrogen-bond acceptors (Lipinski definition) is 2. The molecule has 0 saturated heterocycles. The van der Waals surface area contributed by atoms with Crippen molar-refractivity contribution in [2.75, 3.05) is 0 Å². The summed E-state index contributed by atoms with van der Waals surface area (Å²) >= 11 is 0. The summed E-state index contributed by atoms with van der Waals surface area (Å²) in [7, 11) is 0. The van der Waals surface area contributed by atoms with Crippen LogP contribution in [0.4, 0.5) is 0 Å². The number of benzene rings is 11. The third kappa shape index (κ3) is 6.11. The molecule has 0 aliphatic heterocycles. The average molecular weight is 851 g/mol. The Bertz CT molecular complexity index is 3780. The number of hydrogen-bond donors (Lipinski definition) is 0.